The van der Waals surface area contributed by atoms with Crippen molar-refractivity contribution in [2.45, 2.75) is 39.7 Å². The van der Waals surface area contributed by atoms with Gasteiger partial charge in [-0.15, -0.1) is 12.4 Å². The highest BCUT2D eigenvalue weighted by Gasteiger charge is 2.16. The van der Waals surface area contributed by atoms with Crippen molar-refractivity contribution in [2.24, 2.45) is 5.73 Å². The van der Waals surface area contributed by atoms with Gasteiger partial charge < -0.3 is 20.5 Å². The summed E-state index contributed by atoms with van der Waals surface area (Å²) in [7, 11) is 0. The second-order valence-electron chi connectivity index (χ2n) is 4.53. The first kappa shape index (κ1) is 21.0. The molecule has 1 aromatic carbocycles. The van der Waals surface area contributed by atoms with Crippen molar-refractivity contribution >= 4 is 39.9 Å². The Morgan fingerprint density at radius 1 is 1.23 bits per heavy atom. The maximum absolute atomic E-state index is 12.0. The van der Waals surface area contributed by atoms with E-state index in [9.17, 15) is 4.79 Å². The predicted molar refractivity (Wildman–Crippen MR) is 95.2 cm³/mol. The molecule has 0 aliphatic rings. The summed E-state index contributed by atoms with van der Waals surface area (Å²) in [5.41, 5.74) is 6.44. The number of amides is 1. The van der Waals surface area contributed by atoms with Gasteiger partial charge in [0.2, 0.25) is 5.91 Å². The lowest BCUT2D eigenvalue weighted by Gasteiger charge is -2.16. The van der Waals surface area contributed by atoms with E-state index in [-0.39, 0.29) is 18.3 Å². The first-order valence-electron chi connectivity index (χ1n) is 7.18. The Bertz CT molecular complexity index is 486. The second kappa shape index (κ2) is 10.7. The topological polar surface area (TPSA) is 73.6 Å². The third-order valence-corrected chi connectivity index (χ3v) is 3.48. The van der Waals surface area contributed by atoms with E-state index in [4.69, 9.17) is 15.2 Å². The van der Waals surface area contributed by atoms with E-state index in [1.165, 1.54) is 0 Å². The molecular weight excluding hydrogens is 372 g/mol. The van der Waals surface area contributed by atoms with E-state index >= 15 is 0 Å². The number of benzene rings is 1. The molecule has 1 rings (SSSR count). The van der Waals surface area contributed by atoms with E-state index in [1.54, 1.807) is 12.1 Å². The van der Waals surface area contributed by atoms with E-state index in [2.05, 4.69) is 21.2 Å². The molecule has 7 heteroatoms. The van der Waals surface area contributed by atoms with Gasteiger partial charge in [-0.25, -0.2) is 0 Å². The number of nitrogens with two attached hydrogens (primary N) is 1. The van der Waals surface area contributed by atoms with Crippen LogP contribution in [0.2, 0.25) is 0 Å². The van der Waals surface area contributed by atoms with Gasteiger partial charge in [0.05, 0.1) is 24.9 Å². The molecule has 0 bridgehead atoms. The van der Waals surface area contributed by atoms with Crippen LogP contribution in [-0.2, 0) is 4.79 Å². The van der Waals surface area contributed by atoms with Gasteiger partial charge in [0.15, 0.2) is 11.5 Å². The van der Waals surface area contributed by atoms with Crippen LogP contribution in [0.3, 0.4) is 0 Å². The summed E-state index contributed by atoms with van der Waals surface area (Å²) in [6.07, 6.45) is 1.52. The molecular formula is C15H24BrClN2O3. The third-order valence-electron chi connectivity index (χ3n) is 2.83. The Morgan fingerprint density at radius 2 is 1.77 bits per heavy atom. The van der Waals surface area contributed by atoms with Crippen molar-refractivity contribution in [1.82, 2.24) is 0 Å². The van der Waals surface area contributed by atoms with Crippen molar-refractivity contribution in [3.8, 4) is 11.5 Å². The second-order valence-corrected chi connectivity index (χ2v) is 5.38. The fourth-order valence-corrected chi connectivity index (χ4v) is 2.26. The minimum atomic E-state index is -0.510. The first-order valence-corrected chi connectivity index (χ1v) is 7.98. The highest BCUT2D eigenvalue weighted by atomic mass is 79.9. The summed E-state index contributed by atoms with van der Waals surface area (Å²) in [5.74, 6) is 1.04. The first-order chi connectivity index (χ1) is 10.0. The fraction of sp³-hybridized carbons (Fsp3) is 0.533. The van der Waals surface area contributed by atoms with Gasteiger partial charge in [-0.2, -0.15) is 0 Å². The summed E-state index contributed by atoms with van der Waals surface area (Å²) < 4.78 is 11.8. The molecule has 0 radical (unpaired) electrons. The van der Waals surface area contributed by atoms with Crippen molar-refractivity contribution in [1.29, 1.82) is 0 Å². The highest BCUT2D eigenvalue weighted by Crippen LogP contribution is 2.36. The summed E-state index contributed by atoms with van der Waals surface area (Å²) in [6, 6.07) is 3.02. The molecule has 3 N–H and O–H groups in total. The number of nitrogens with one attached hydrogen (secondary N) is 1. The molecule has 1 amide bonds. The number of halogens is 2. The number of hydrogen-bond acceptors (Lipinski definition) is 4. The van der Waals surface area contributed by atoms with Gasteiger partial charge in [-0.1, -0.05) is 13.3 Å². The molecule has 0 aromatic heterocycles. The maximum Gasteiger partial charge on any atom is 0.241 e. The normalized spacial score (nSPS) is 11.3. The number of anilines is 1. The van der Waals surface area contributed by atoms with Crippen LogP contribution in [0.1, 0.15) is 33.6 Å². The van der Waals surface area contributed by atoms with Crippen molar-refractivity contribution in [2.75, 3.05) is 18.5 Å². The lowest BCUT2D eigenvalue weighted by atomic mass is 10.1. The van der Waals surface area contributed by atoms with E-state index in [0.717, 1.165) is 10.9 Å². The SMILES string of the molecule is CCCC(N)C(=O)Nc1cc(OCC)c(OCC)cc1Br.Cl. The molecule has 5 nitrogen and oxygen atoms in total. The standard InChI is InChI=1S/C15H23BrN2O3.ClH/c1-4-7-11(17)15(19)18-12-9-14(21-6-3)13(20-5-2)8-10(12)16;/h8-9,11H,4-7,17H2,1-3H3,(H,18,19);1H. The van der Waals surface area contributed by atoms with Crippen LogP contribution in [0.15, 0.2) is 16.6 Å². The minimum Gasteiger partial charge on any atom is -0.490 e. The molecule has 0 aliphatic carbocycles. The Balaban J connectivity index is 0.00000441. The summed E-state index contributed by atoms with van der Waals surface area (Å²) in [5, 5.41) is 2.82. The molecule has 0 heterocycles. The van der Waals surface area contributed by atoms with Crippen LogP contribution in [0.4, 0.5) is 5.69 Å². The van der Waals surface area contributed by atoms with Crippen LogP contribution in [0.25, 0.3) is 0 Å². The van der Waals surface area contributed by atoms with Crippen molar-refractivity contribution in [3.63, 3.8) is 0 Å². The van der Waals surface area contributed by atoms with Crippen molar-refractivity contribution in [3.05, 3.63) is 16.6 Å². The largest absolute Gasteiger partial charge is 0.490 e. The summed E-state index contributed by atoms with van der Waals surface area (Å²) in [6.45, 7) is 6.85. The van der Waals surface area contributed by atoms with Crippen LogP contribution >= 0.6 is 28.3 Å². The Morgan fingerprint density at radius 3 is 2.27 bits per heavy atom. The van der Waals surface area contributed by atoms with E-state index < -0.39 is 6.04 Å². The minimum absolute atomic E-state index is 0. The summed E-state index contributed by atoms with van der Waals surface area (Å²) >= 11 is 3.43. The lowest BCUT2D eigenvalue weighted by Crippen LogP contribution is -2.35. The Kier molecular flexibility index (Phi) is 10.2. The van der Waals surface area contributed by atoms with E-state index in [1.807, 2.05) is 20.8 Å². The zero-order chi connectivity index (χ0) is 15.8. The molecule has 0 spiro atoms. The number of carbonyl (C=O) groups excluding carboxylic acids is 1. The van der Waals surface area contributed by atoms with Gasteiger partial charge >= 0.3 is 0 Å². The highest BCUT2D eigenvalue weighted by molar-refractivity contribution is 9.10. The van der Waals surface area contributed by atoms with Crippen molar-refractivity contribution < 1.29 is 14.3 Å². The molecule has 1 unspecified atom stereocenters. The van der Waals surface area contributed by atoms with Crippen LogP contribution in [0.5, 0.6) is 11.5 Å². The molecule has 0 saturated heterocycles. The Hall–Kier alpha value is -0.980. The zero-order valence-corrected chi connectivity index (χ0v) is 15.6. The van der Waals surface area contributed by atoms with Gasteiger partial charge in [-0.05, 0) is 36.2 Å². The van der Waals surface area contributed by atoms with E-state index in [0.29, 0.717) is 36.8 Å². The van der Waals surface area contributed by atoms with Crippen LogP contribution < -0.4 is 20.5 Å². The monoisotopic (exact) mass is 394 g/mol. The fourth-order valence-electron chi connectivity index (χ4n) is 1.84. The number of ether oxygens (including phenoxy) is 2. The van der Waals surface area contributed by atoms with Gasteiger partial charge in [0.1, 0.15) is 0 Å². The Labute approximate surface area is 146 Å². The number of rotatable bonds is 8. The van der Waals surface area contributed by atoms with Crippen LogP contribution in [-0.4, -0.2) is 25.2 Å². The number of hydrogen-bond donors (Lipinski definition) is 2. The number of carbonyl (C=O) groups is 1. The molecule has 22 heavy (non-hydrogen) atoms. The molecule has 1 atom stereocenters. The lowest BCUT2D eigenvalue weighted by molar-refractivity contribution is -0.117. The zero-order valence-electron chi connectivity index (χ0n) is 13.1. The van der Waals surface area contributed by atoms with Gasteiger partial charge in [0, 0.05) is 16.6 Å². The molecule has 0 saturated carbocycles. The molecule has 0 fully saturated rings. The quantitative estimate of drug-likeness (QED) is 0.703. The maximum atomic E-state index is 12.0. The molecule has 126 valence electrons. The smallest absolute Gasteiger partial charge is 0.241 e. The predicted octanol–water partition coefficient (Wildman–Crippen LogP) is 3.73. The third kappa shape index (κ3) is 6.02. The average molecular weight is 396 g/mol. The summed E-state index contributed by atoms with van der Waals surface area (Å²) in [4.78, 5) is 12.0. The molecule has 0 aliphatic heterocycles. The average Bonchev–Trinajstić information content (AvgIpc) is 2.44. The van der Waals surface area contributed by atoms with Gasteiger partial charge in [-0.3, -0.25) is 4.79 Å². The van der Waals surface area contributed by atoms with Crippen LogP contribution in [0, 0.1) is 0 Å². The van der Waals surface area contributed by atoms with Gasteiger partial charge in [0.25, 0.3) is 0 Å². The molecule has 1 aromatic rings.